The van der Waals surface area contributed by atoms with E-state index >= 15 is 0 Å². The number of hydrogen-bond acceptors (Lipinski definition) is 7. The zero-order valence-electron chi connectivity index (χ0n) is 16.9. The summed E-state index contributed by atoms with van der Waals surface area (Å²) in [5.74, 6) is 3.17. The van der Waals surface area contributed by atoms with Gasteiger partial charge < -0.3 is 9.15 Å². The molecule has 0 N–H and O–H groups in total. The Morgan fingerprint density at radius 3 is 2.77 bits per heavy atom. The lowest BCUT2D eigenvalue weighted by Gasteiger charge is -2.06. The van der Waals surface area contributed by atoms with Gasteiger partial charge in [-0.2, -0.15) is 0 Å². The number of hydrogen-bond donors (Lipinski definition) is 0. The molecule has 3 heterocycles. The fourth-order valence-electron chi connectivity index (χ4n) is 2.90. The third-order valence-corrected chi connectivity index (χ3v) is 6.33. The van der Waals surface area contributed by atoms with Crippen LogP contribution in [0.25, 0.3) is 11.4 Å². The van der Waals surface area contributed by atoms with E-state index in [2.05, 4.69) is 34.1 Å². The first kappa shape index (κ1) is 20.4. The summed E-state index contributed by atoms with van der Waals surface area (Å²) in [5, 5.41) is 12.6. The number of benzene rings is 1. The highest BCUT2D eigenvalue weighted by Gasteiger charge is 2.17. The average molecular weight is 439 g/mol. The summed E-state index contributed by atoms with van der Waals surface area (Å²) in [7, 11) is 0. The largest absolute Gasteiger partial charge is 0.486 e. The minimum absolute atomic E-state index is 0.467. The van der Waals surface area contributed by atoms with Crippen molar-refractivity contribution in [2.45, 2.75) is 37.9 Å². The summed E-state index contributed by atoms with van der Waals surface area (Å²) in [5.41, 5.74) is 3.16. The molecule has 0 aliphatic rings. The molecule has 0 bridgehead atoms. The minimum atomic E-state index is 0.467. The van der Waals surface area contributed by atoms with Gasteiger partial charge in [-0.25, -0.2) is 4.98 Å². The zero-order valence-corrected chi connectivity index (χ0v) is 18.5. The van der Waals surface area contributed by atoms with E-state index in [1.165, 1.54) is 5.56 Å². The Morgan fingerprint density at radius 2 is 2.03 bits per heavy atom. The second-order valence-electron chi connectivity index (χ2n) is 6.72. The lowest BCUT2D eigenvalue weighted by molar-refractivity contribution is 0.305. The third kappa shape index (κ3) is 4.66. The lowest BCUT2D eigenvalue weighted by Crippen LogP contribution is -2.01. The van der Waals surface area contributed by atoms with Crippen LogP contribution >= 0.6 is 23.1 Å². The molecule has 0 atom stereocenters. The molecule has 154 valence electrons. The first-order valence-electron chi connectivity index (χ1n) is 9.48. The first-order chi connectivity index (χ1) is 14.6. The maximum Gasteiger partial charge on any atom is 0.192 e. The van der Waals surface area contributed by atoms with Gasteiger partial charge in [-0.05, 0) is 32.0 Å². The Bertz CT molecular complexity index is 1130. The van der Waals surface area contributed by atoms with Gasteiger partial charge in [0.1, 0.15) is 23.1 Å². The molecule has 30 heavy (non-hydrogen) atoms. The number of rotatable bonds is 9. The maximum atomic E-state index is 5.82. The van der Waals surface area contributed by atoms with Crippen LogP contribution in [0.5, 0.6) is 5.75 Å². The number of nitrogens with zero attached hydrogens (tertiary/aromatic N) is 4. The molecule has 0 saturated carbocycles. The maximum absolute atomic E-state index is 5.82. The van der Waals surface area contributed by atoms with Crippen LogP contribution in [0.3, 0.4) is 0 Å². The van der Waals surface area contributed by atoms with Crippen molar-refractivity contribution in [2.24, 2.45) is 0 Å². The van der Waals surface area contributed by atoms with Crippen LogP contribution < -0.4 is 4.74 Å². The van der Waals surface area contributed by atoms with Crippen LogP contribution in [-0.2, 0) is 18.9 Å². The van der Waals surface area contributed by atoms with Crippen molar-refractivity contribution < 1.29 is 9.15 Å². The average Bonchev–Trinajstić information content (AvgIpc) is 3.47. The van der Waals surface area contributed by atoms with Gasteiger partial charge in [-0.3, -0.25) is 4.57 Å². The quantitative estimate of drug-likeness (QED) is 0.248. The van der Waals surface area contributed by atoms with E-state index in [0.717, 1.165) is 38.8 Å². The minimum Gasteiger partial charge on any atom is -0.486 e. The number of aryl methyl sites for hydroxylation is 2. The van der Waals surface area contributed by atoms with Crippen molar-refractivity contribution in [2.75, 3.05) is 0 Å². The molecule has 0 unspecified atom stereocenters. The van der Waals surface area contributed by atoms with E-state index in [1.54, 1.807) is 29.4 Å². The molecule has 4 aromatic rings. The number of ether oxygens (including phenoxy) is 1. The zero-order chi connectivity index (χ0) is 20.9. The van der Waals surface area contributed by atoms with Crippen LogP contribution in [-0.4, -0.2) is 19.7 Å². The summed E-state index contributed by atoms with van der Waals surface area (Å²) in [4.78, 5) is 4.68. The van der Waals surface area contributed by atoms with E-state index in [-0.39, 0.29) is 0 Å². The van der Waals surface area contributed by atoms with Crippen molar-refractivity contribution in [3.8, 4) is 17.1 Å². The molecule has 0 saturated heterocycles. The Hall–Kier alpha value is -2.84. The molecular weight excluding hydrogens is 416 g/mol. The molecule has 0 aliphatic carbocycles. The molecule has 0 spiro atoms. The standard InChI is InChI=1S/C22H22N4O2S2/c1-4-10-26-21(19-9-11-27-16(19)3)24-25-22(26)30-14-17-13-29-20(23-17)12-28-18-7-5-15(2)6-8-18/h4-9,11,13H,1,10,12,14H2,2-3H3. The first-order valence-corrected chi connectivity index (χ1v) is 11.3. The van der Waals surface area contributed by atoms with Crippen LogP contribution in [0, 0.1) is 13.8 Å². The van der Waals surface area contributed by atoms with Gasteiger partial charge in [0.05, 0.1) is 17.5 Å². The molecule has 1 aromatic carbocycles. The number of aromatic nitrogens is 4. The van der Waals surface area contributed by atoms with Gasteiger partial charge in [-0.1, -0.05) is 35.5 Å². The third-order valence-electron chi connectivity index (χ3n) is 4.46. The molecule has 8 heteroatoms. The van der Waals surface area contributed by atoms with Gasteiger partial charge >= 0.3 is 0 Å². The summed E-state index contributed by atoms with van der Waals surface area (Å²) >= 11 is 3.21. The number of furan rings is 1. The predicted octanol–water partition coefficient (Wildman–Crippen LogP) is 5.67. The van der Waals surface area contributed by atoms with E-state index in [9.17, 15) is 0 Å². The normalized spacial score (nSPS) is 11.0. The molecule has 6 nitrogen and oxygen atoms in total. The van der Waals surface area contributed by atoms with Gasteiger partial charge in [0.2, 0.25) is 0 Å². The highest BCUT2D eigenvalue weighted by atomic mass is 32.2. The smallest absolute Gasteiger partial charge is 0.192 e. The van der Waals surface area contributed by atoms with E-state index < -0.39 is 0 Å². The van der Waals surface area contributed by atoms with Crippen LogP contribution in [0.15, 0.2) is 64.2 Å². The van der Waals surface area contributed by atoms with E-state index in [1.807, 2.05) is 47.9 Å². The van der Waals surface area contributed by atoms with Crippen molar-refractivity contribution >= 4 is 23.1 Å². The monoisotopic (exact) mass is 438 g/mol. The summed E-state index contributed by atoms with van der Waals surface area (Å²) < 4.78 is 13.3. The van der Waals surface area contributed by atoms with Gasteiger partial charge in [0.15, 0.2) is 11.0 Å². The second-order valence-corrected chi connectivity index (χ2v) is 8.60. The fourth-order valence-corrected chi connectivity index (χ4v) is 4.56. The summed E-state index contributed by atoms with van der Waals surface area (Å²) in [6.07, 6.45) is 3.51. The number of thiazole rings is 1. The van der Waals surface area contributed by atoms with Crippen molar-refractivity contribution in [3.63, 3.8) is 0 Å². The van der Waals surface area contributed by atoms with Gasteiger partial charge in [0, 0.05) is 17.7 Å². The molecular formula is C22H22N4O2S2. The van der Waals surface area contributed by atoms with Crippen molar-refractivity contribution in [1.82, 2.24) is 19.7 Å². The summed E-state index contributed by atoms with van der Waals surface area (Å²) in [6, 6.07) is 9.95. The predicted molar refractivity (Wildman–Crippen MR) is 120 cm³/mol. The lowest BCUT2D eigenvalue weighted by atomic mass is 10.2. The van der Waals surface area contributed by atoms with Crippen molar-refractivity contribution in [3.05, 3.63) is 76.7 Å². The number of allylic oxidation sites excluding steroid dienone is 1. The Labute approximate surface area is 183 Å². The van der Waals surface area contributed by atoms with E-state index in [0.29, 0.717) is 18.9 Å². The summed E-state index contributed by atoms with van der Waals surface area (Å²) in [6.45, 7) is 8.93. The number of thioether (sulfide) groups is 1. The van der Waals surface area contributed by atoms with Crippen LogP contribution in [0.1, 0.15) is 22.0 Å². The molecule has 4 rings (SSSR count). The topological polar surface area (TPSA) is 66.0 Å². The molecule has 0 aliphatic heterocycles. The SMILES string of the molecule is C=CCn1c(SCc2csc(COc3ccc(C)cc3)n2)nnc1-c1ccoc1C. The van der Waals surface area contributed by atoms with Gasteiger partial charge in [0.25, 0.3) is 0 Å². The fraction of sp³-hybridized carbons (Fsp3) is 0.227. The van der Waals surface area contributed by atoms with E-state index in [4.69, 9.17) is 9.15 Å². The van der Waals surface area contributed by atoms with Crippen molar-refractivity contribution in [1.29, 1.82) is 0 Å². The second kappa shape index (κ2) is 9.32. The Morgan fingerprint density at radius 1 is 1.20 bits per heavy atom. The molecule has 3 aromatic heterocycles. The van der Waals surface area contributed by atoms with Crippen LogP contribution in [0.2, 0.25) is 0 Å². The van der Waals surface area contributed by atoms with Gasteiger partial charge in [-0.15, -0.1) is 28.1 Å². The molecule has 0 radical (unpaired) electrons. The molecule has 0 fully saturated rings. The Balaban J connectivity index is 1.40. The molecule has 0 amide bonds. The highest BCUT2D eigenvalue weighted by Crippen LogP contribution is 2.29. The van der Waals surface area contributed by atoms with Crippen LogP contribution in [0.4, 0.5) is 0 Å². The highest BCUT2D eigenvalue weighted by molar-refractivity contribution is 7.98. The Kier molecular flexibility index (Phi) is 6.35.